The lowest BCUT2D eigenvalue weighted by molar-refractivity contribution is -0.191. The number of rotatable bonds is 3. The number of aromatic amines is 1. The molecule has 0 fully saturated rings. The minimum absolute atomic E-state index is 0.0347. The van der Waals surface area contributed by atoms with Gasteiger partial charge in [0.25, 0.3) is 0 Å². The van der Waals surface area contributed by atoms with Gasteiger partial charge in [-0.15, -0.1) is 0 Å². The minimum Gasteiger partial charge on any atom is -0.504 e. The molecular weight excluding hydrogens is 1170 g/mol. The number of nitrogen functional groups attached to an aromatic ring is 1. The first kappa shape index (κ1) is 50.9. The molecule has 15 heteroatoms. The first-order valence-corrected chi connectivity index (χ1v) is 25.3. The van der Waals surface area contributed by atoms with Crippen LogP contribution in [0.5, 0.6) is 5.75 Å². The molecule has 75 heavy (non-hydrogen) atoms. The predicted octanol–water partition coefficient (Wildman–Crippen LogP) is 14.9. The summed E-state index contributed by atoms with van der Waals surface area (Å²) in [5.41, 5.74) is 15.6. The molecule has 7 aromatic heterocycles. The molecule has 0 atom stereocenters. The van der Waals surface area contributed by atoms with Crippen LogP contribution in [0.4, 0.5) is 5.82 Å². The number of fused-ring (bicyclic) bond motifs is 8. The maximum atomic E-state index is 8.73. The highest BCUT2D eigenvalue weighted by atomic mass is 127. The van der Waals surface area contributed by atoms with E-state index in [9.17, 15) is 0 Å². The van der Waals surface area contributed by atoms with Gasteiger partial charge >= 0.3 is 6.15 Å². The van der Waals surface area contributed by atoms with E-state index in [1.54, 1.807) is 18.5 Å². The Hall–Kier alpha value is -9.03. The fourth-order valence-electron chi connectivity index (χ4n) is 8.01. The number of anilines is 1. The number of nitrogens with one attached hydrogen (secondary N) is 1. The quantitative estimate of drug-likeness (QED) is 0.143. The highest BCUT2D eigenvalue weighted by Gasteiger charge is 2.14. The van der Waals surface area contributed by atoms with Crippen molar-refractivity contribution < 1.29 is 23.5 Å². The van der Waals surface area contributed by atoms with Gasteiger partial charge in [-0.3, -0.25) is 0 Å². The van der Waals surface area contributed by atoms with Crippen molar-refractivity contribution in [1.82, 2.24) is 34.5 Å². The van der Waals surface area contributed by atoms with E-state index < -0.39 is 0 Å². The second kappa shape index (κ2) is 24.6. The molecule has 0 aliphatic heterocycles. The van der Waals surface area contributed by atoms with Crippen molar-refractivity contribution in [2.45, 2.75) is 0 Å². The number of para-hydroxylation sites is 4. The molecule has 0 spiro atoms. The summed E-state index contributed by atoms with van der Waals surface area (Å²) in [4.78, 5) is 40.5. The van der Waals surface area contributed by atoms with E-state index >= 15 is 0 Å². The maximum absolute atomic E-state index is 8.73. The summed E-state index contributed by atoms with van der Waals surface area (Å²) in [5, 5.41) is 13.8. The monoisotopic (exact) mass is 1210 g/mol. The Kier molecular flexibility index (Phi) is 16.7. The van der Waals surface area contributed by atoms with Crippen LogP contribution < -0.4 is 5.73 Å². The van der Waals surface area contributed by atoms with Crippen molar-refractivity contribution >= 4 is 123 Å². The van der Waals surface area contributed by atoms with E-state index in [-0.39, 0.29) is 17.7 Å². The lowest BCUT2D eigenvalue weighted by Crippen LogP contribution is -1.94. The Labute approximate surface area is 456 Å². The predicted molar refractivity (Wildman–Crippen MR) is 312 cm³/mol. The number of nitrogens with two attached hydrogens (primary N) is 1. The summed E-state index contributed by atoms with van der Waals surface area (Å²) in [5.74, 6) is 1.41. The van der Waals surface area contributed by atoms with Crippen molar-refractivity contribution in [1.29, 1.82) is 0 Å². The lowest BCUT2D eigenvalue weighted by Gasteiger charge is -2.08. The van der Waals surface area contributed by atoms with Crippen LogP contribution >= 0.6 is 45.2 Å². The van der Waals surface area contributed by atoms with Crippen LogP contribution in [-0.2, 0) is 9.59 Å². The normalized spacial score (nSPS) is 10.4. The minimum atomic E-state index is 0.0347. The topological polar surface area (TPSA) is 192 Å². The molecule has 14 rings (SSSR count). The average Bonchev–Trinajstić information content (AvgIpc) is 4.26. The molecule has 0 aliphatic rings. The Balaban J connectivity index is 0.000000124. The van der Waals surface area contributed by atoms with Crippen molar-refractivity contribution in [2.24, 2.45) is 0 Å². The number of benzene rings is 7. The molecule has 0 unspecified atom stereocenters. The van der Waals surface area contributed by atoms with Gasteiger partial charge in [-0.05, 0) is 154 Å². The summed E-state index contributed by atoms with van der Waals surface area (Å²) >= 11 is 4.55. The van der Waals surface area contributed by atoms with Crippen molar-refractivity contribution in [3.05, 3.63) is 238 Å². The van der Waals surface area contributed by atoms with E-state index in [0.29, 0.717) is 28.7 Å². The number of H-pyrrole nitrogens is 1. The van der Waals surface area contributed by atoms with Crippen LogP contribution in [-0.4, -0.2) is 45.7 Å². The Morgan fingerprint density at radius 1 is 0.480 bits per heavy atom. The van der Waals surface area contributed by atoms with Crippen LogP contribution in [0.15, 0.2) is 240 Å². The number of aromatic nitrogens is 7. The number of pyridine rings is 3. The highest BCUT2D eigenvalue weighted by Crippen LogP contribution is 2.34. The van der Waals surface area contributed by atoms with Gasteiger partial charge in [-0.2, -0.15) is 19.6 Å². The SMILES string of the molecule is Ic1cccc(-c2nc3ncccc3o2)c1.Ic1ccccc1.Nc1ncccc1O.O=C=O.c1cc(-c2nc3ncccc3o2)cc(-n2c3ccccc3c3ccccc32)c1.c1ccc2c(c1)[nH]c1ccccc12. The second-order valence-corrected chi connectivity index (χ2v) is 18.6. The van der Waals surface area contributed by atoms with E-state index in [1.807, 2.05) is 78.9 Å². The molecule has 366 valence electrons. The number of halogens is 2. The Morgan fingerprint density at radius 2 is 0.933 bits per heavy atom. The molecule has 7 aromatic carbocycles. The van der Waals surface area contributed by atoms with Gasteiger partial charge in [-0.25, -0.2) is 15.0 Å². The fraction of sp³-hybridized carbons (Fsp3) is 0. The number of aromatic hydroxyl groups is 1. The van der Waals surface area contributed by atoms with Gasteiger partial charge in [0.15, 0.2) is 34.0 Å². The number of hydrogen-bond acceptors (Lipinski definition) is 11. The van der Waals surface area contributed by atoms with Gasteiger partial charge in [0.05, 0.1) is 11.0 Å². The van der Waals surface area contributed by atoms with E-state index in [0.717, 1.165) is 26.0 Å². The zero-order chi connectivity index (χ0) is 51.9. The van der Waals surface area contributed by atoms with Gasteiger partial charge in [0.2, 0.25) is 11.8 Å². The Morgan fingerprint density at radius 3 is 1.41 bits per heavy atom. The molecule has 0 radical (unpaired) electrons. The van der Waals surface area contributed by atoms with Crippen LogP contribution in [0, 0.1) is 7.14 Å². The first-order chi connectivity index (χ1) is 36.8. The Bertz CT molecular complexity index is 4020. The van der Waals surface area contributed by atoms with Gasteiger partial charge in [-0.1, -0.05) is 103 Å². The molecule has 7 heterocycles. The van der Waals surface area contributed by atoms with Crippen molar-refractivity contribution in [3.63, 3.8) is 0 Å². The second-order valence-electron chi connectivity index (χ2n) is 16.1. The fourth-order valence-corrected chi connectivity index (χ4v) is 8.97. The van der Waals surface area contributed by atoms with Crippen LogP contribution in [0.3, 0.4) is 0 Å². The number of oxazole rings is 2. The number of nitrogens with zero attached hydrogens (tertiary/aromatic N) is 6. The van der Waals surface area contributed by atoms with Crippen molar-refractivity contribution in [3.8, 4) is 34.3 Å². The smallest absolute Gasteiger partial charge is 0.373 e. The average molecular weight is 1210 g/mol. The van der Waals surface area contributed by atoms with Crippen LogP contribution in [0.2, 0.25) is 0 Å². The van der Waals surface area contributed by atoms with Gasteiger partial charge < -0.3 is 29.2 Å². The number of carbonyl (C=O) groups excluding carboxylic acids is 2. The third-order valence-electron chi connectivity index (χ3n) is 11.3. The zero-order valence-corrected chi connectivity index (χ0v) is 43.9. The van der Waals surface area contributed by atoms with Crippen LogP contribution in [0.25, 0.3) is 94.7 Å². The van der Waals surface area contributed by atoms with Gasteiger partial charge in [0, 0.05) is 75.1 Å². The molecule has 14 aromatic rings. The lowest BCUT2D eigenvalue weighted by atomic mass is 10.2. The van der Waals surface area contributed by atoms with E-state index in [4.69, 9.17) is 29.3 Å². The summed E-state index contributed by atoms with van der Waals surface area (Å²) in [6.07, 6.45) is 5.21. The van der Waals surface area contributed by atoms with Crippen molar-refractivity contribution in [2.75, 3.05) is 5.73 Å². The highest BCUT2D eigenvalue weighted by molar-refractivity contribution is 14.1. The van der Waals surface area contributed by atoms with E-state index in [2.05, 4.69) is 201 Å². The van der Waals surface area contributed by atoms with Gasteiger partial charge in [0.1, 0.15) is 0 Å². The molecule has 0 bridgehead atoms. The third kappa shape index (κ3) is 12.4. The third-order valence-corrected chi connectivity index (χ3v) is 12.7. The summed E-state index contributed by atoms with van der Waals surface area (Å²) < 4.78 is 16.3. The molecule has 0 amide bonds. The molecule has 0 aliphatic carbocycles. The maximum Gasteiger partial charge on any atom is 0.373 e. The molecule has 0 saturated carbocycles. The zero-order valence-electron chi connectivity index (χ0n) is 39.5. The summed E-state index contributed by atoms with van der Waals surface area (Å²) in [6, 6.07) is 70.8. The number of hydrogen-bond donors (Lipinski definition) is 3. The first-order valence-electron chi connectivity index (χ1n) is 23.1. The summed E-state index contributed by atoms with van der Waals surface area (Å²) in [6.45, 7) is 0. The molecular formula is C60H42I2N8O5. The van der Waals surface area contributed by atoms with E-state index in [1.165, 1.54) is 59.4 Å². The van der Waals surface area contributed by atoms with Crippen LogP contribution in [0.1, 0.15) is 0 Å². The molecule has 13 nitrogen and oxygen atoms in total. The summed E-state index contributed by atoms with van der Waals surface area (Å²) in [7, 11) is 0. The standard InChI is InChI=1S/C24H15N3O.C12H7IN2O.C12H9N.C6H5I.C5H6N2O.CO2/c1-3-11-20-18(9-1)19-10-2-4-12-21(19)27(20)17-8-5-7-16(15-17)24-26-23-22(28-24)13-6-14-25-23;13-9-4-1-3-8(7-9)12-15-11-10(16-12)5-2-6-14-11;1-3-7-11-9(5-1)10-6-2-4-8-12(10)13-11;7-6-4-2-1-3-5-6;6-5-4(8)2-1-3-7-5;2-1-3/h1-15H;1-7H;1-8,13H;1-5H;1-3,8H,(H2,6,7);. The largest absolute Gasteiger partial charge is 0.504 e. The molecule has 0 saturated heterocycles. The molecule has 4 N–H and O–H groups in total.